The molecule has 6 heteroatoms. The predicted molar refractivity (Wildman–Crippen MR) is 76.2 cm³/mol. The lowest BCUT2D eigenvalue weighted by molar-refractivity contribution is 0.682. The van der Waals surface area contributed by atoms with Gasteiger partial charge in [0.15, 0.2) is 11.4 Å². The number of rotatable bonds is 2. The normalized spacial score (nSPS) is 10.5. The third-order valence-corrected chi connectivity index (χ3v) is 3.55. The van der Waals surface area contributed by atoms with Crippen LogP contribution >= 0.6 is 0 Å². The molecule has 1 aromatic carbocycles. The molecule has 3 rings (SSSR count). The van der Waals surface area contributed by atoms with Crippen molar-refractivity contribution in [1.29, 1.82) is 10.5 Å². The topological polar surface area (TPSA) is 83.2 Å². The second-order valence-corrected chi connectivity index (χ2v) is 4.74. The zero-order valence-electron chi connectivity index (χ0n) is 11.7. The summed E-state index contributed by atoms with van der Waals surface area (Å²) in [7, 11) is 1.94. The average molecular weight is 276 g/mol. The summed E-state index contributed by atoms with van der Waals surface area (Å²) in [5.74, 6) is 1.45. The Morgan fingerprint density at radius 3 is 2.57 bits per heavy atom. The molecule has 0 bridgehead atoms. The number of benzene rings is 1. The van der Waals surface area contributed by atoms with Crippen LogP contribution in [0.25, 0.3) is 11.0 Å². The van der Waals surface area contributed by atoms with Gasteiger partial charge < -0.3 is 9.13 Å². The first-order valence-electron chi connectivity index (χ1n) is 6.43. The minimum Gasteiger partial charge on any atom is -0.330 e. The van der Waals surface area contributed by atoms with Crippen molar-refractivity contribution in [3.8, 4) is 12.1 Å². The molecule has 0 saturated heterocycles. The van der Waals surface area contributed by atoms with Gasteiger partial charge in [-0.15, -0.1) is 0 Å². The fourth-order valence-electron chi connectivity index (χ4n) is 2.43. The van der Waals surface area contributed by atoms with Crippen LogP contribution in [0.4, 0.5) is 0 Å². The van der Waals surface area contributed by atoms with Gasteiger partial charge in [-0.25, -0.2) is 9.97 Å². The molecule has 0 saturated carbocycles. The molecule has 0 amide bonds. The zero-order valence-corrected chi connectivity index (χ0v) is 11.7. The second-order valence-electron chi connectivity index (χ2n) is 4.74. The molecule has 3 aromatic rings. The van der Waals surface area contributed by atoms with Gasteiger partial charge in [0.2, 0.25) is 0 Å². The van der Waals surface area contributed by atoms with Gasteiger partial charge in [0, 0.05) is 7.05 Å². The lowest BCUT2D eigenvalue weighted by Gasteiger charge is -2.06. The molecular formula is C15H12N6. The van der Waals surface area contributed by atoms with Crippen LogP contribution in [0, 0.1) is 29.6 Å². The van der Waals surface area contributed by atoms with Crippen LogP contribution in [-0.2, 0) is 13.6 Å². The molecule has 0 spiro atoms. The number of nitrogens with zero attached hydrogens (tertiary/aromatic N) is 6. The van der Waals surface area contributed by atoms with Gasteiger partial charge in [0.05, 0.1) is 17.6 Å². The highest BCUT2D eigenvalue weighted by Gasteiger charge is 2.16. The van der Waals surface area contributed by atoms with Crippen LogP contribution in [-0.4, -0.2) is 19.1 Å². The SMILES string of the molecule is Cc1nc(C#N)c(C#N)n1Cc1nc2ccccc2n1C. The van der Waals surface area contributed by atoms with Gasteiger partial charge in [0.1, 0.15) is 23.8 Å². The lowest BCUT2D eigenvalue weighted by atomic mass is 10.3. The van der Waals surface area contributed by atoms with Crippen molar-refractivity contribution < 1.29 is 0 Å². The maximum atomic E-state index is 9.24. The van der Waals surface area contributed by atoms with Crippen LogP contribution in [0.3, 0.4) is 0 Å². The van der Waals surface area contributed by atoms with Crippen molar-refractivity contribution in [2.45, 2.75) is 13.5 Å². The van der Waals surface area contributed by atoms with Crippen molar-refractivity contribution in [2.75, 3.05) is 0 Å². The molecule has 0 atom stereocenters. The van der Waals surface area contributed by atoms with E-state index in [-0.39, 0.29) is 11.4 Å². The Kier molecular flexibility index (Phi) is 2.93. The lowest BCUT2D eigenvalue weighted by Crippen LogP contribution is -2.09. The van der Waals surface area contributed by atoms with Crippen LogP contribution < -0.4 is 0 Å². The highest BCUT2D eigenvalue weighted by molar-refractivity contribution is 5.75. The minimum absolute atomic E-state index is 0.161. The maximum Gasteiger partial charge on any atom is 0.177 e. The van der Waals surface area contributed by atoms with E-state index in [1.54, 1.807) is 11.5 Å². The molecule has 2 heterocycles. The molecule has 0 aliphatic carbocycles. The maximum absolute atomic E-state index is 9.24. The molecule has 0 N–H and O–H groups in total. The van der Waals surface area contributed by atoms with Crippen LogP contribution in [0.2, 0.25) is 0 Å². The number of hydrogen-bond acceptors (Lipinski definition) is 4. The number of para-hydroxylation sites is 2. The number of aryl methyl sites for hydroxylation is 2. The van der Waals surface area contributed by atoms with E-state index in [9.17, 15) is 5.26 Å². The predicted octanol–water partition coefficient (Wildman–Crippen LogP) is 1.87. The largest absolute Gasteiger partial charge is 0.330 e. The third kappa shape index (κ3) is 1.94. The molecule has 21 heavy (non-hydrogen) atoms. The summed E-state index contributed by atoms with van der Waals surface area (Å²) < 4.78 is 3.71. The van der Waals surface area contributed by atoms with Crippen molar-refractivity contribution in [2.24, 2.45) is 7.05 Å². The number of fused-ring (bicyclic) bond motifs is 1. The quantitative estimate of drug-likeness (QED) is 0.715. The molecule has 0 aliphatic rings. The highest BCUT2D eigenvalue weighted by Crippen LogP contribution is 2.17. The summed E-state index contributed by atoms with van der Waals surface area (Å²) in [6, 6.07) is 11.9. The van der Waals surface area contributed by atoms with E-state index in [1.807, 2.05) is 41.9 Å². The first-order valence-corrected chi connectivity index (χ1v) is 6.43. The van der Waals surface area contributed by atoms with Crippen molar-refractivity contribution in [3.05, 3.63) is 47.3 Å². The third-order valence-electron chi connectivity index (χ3n) is 3.55. The zero-order chi connectivity index (χ0) is 15.0. The van der Waals surface area contributed by atoms with E-state index in [2.05, 4.69) is 16.0 Å². The molecule has 0 fully saturated rings. The summed E-state index contributed by atoms with van der Waals surface area (Å²) >= 11 is 0. The van der Waals surface area contributed by atoms with E-state index >= 15 is 0 Å². The molecular weight excluding hydrogens is 264 g/mol. The molecule has 6 nitrogen and oxygen atoms in total. The Morgan fingerprint density at radius 1 is 1.14 bits per heavy atom. The van der Waals surface area contributed by atoms with Crippen LogP contribution in [0.1, 0.15) is 23.0 Å². The number of imidazole rings is 2. The Labute approximate surface area is 121 Å². The average Bonchev–Trinajstić information content (AvgIpc) is 2.98. The number of hydrogen-bond donors (Lipinski definition) is 0. The van der Waals surface area contributed by atoms with E-state index in [1.165, 1.54) is 0 Å². The van der Waals surface area contributed by atoms with Crippen LogP contribution in [0.5, 0.6) is 0 Å². The summed E-state index contributed by atoms with van der Waals surface area (Å²) in [5, 5.41) is 18.3. The van der Waals surface area contributed by atoms with Gasteiger partial charge in [-0.05, 0) is 19.1 Å². The van der Waals surface area contributed by atoms with Crippen molar-refractivity contribution >= 4 is 11.0 Å². The molecule has 102 valence electrons. The van der Waals surface area contributed by atoms with Gasteiger partial charge in [0.25, 0.3) is 0 Å². The van der Waals surface area contributed by atoms with Gasteiger partial charge in [-0.1, -0.05) is 12.1 Å². The first-order chi connectivity index (χ1) is 10.2. The summed E-state index contributed by atoms with van der Waals surface area (Å²) in [6.07, 6.45) is 0. The standard InChI is InChI=1S/C15H12N6/c1-10-18-12(7-16)14(8-17)21(10)9-15-19-11-5-3-4-6-13(11)20(15)2/h3-6H,9H2,1-2H3. The Bertz CT molecular complexity index is 916. The minimum atomic E-state index is 0.161. The highest BCUT2D eigenvalue weighted by atomic mass is 15.1. The fourth-order valence-corrected chi connectivity index (χ4v) is 2.43. The monoisotopic (exact) mass is 276 g/mol. The summed E-state index contributed by atoms with van der Waals surface area (Å²) in [4.78, 5) is 8.70. The van der Waals surface area contributed by atoms with E-state index < -0.39 is 0 Å². The smallest absolute Gasteiger partial charge is 0.177 e. The van der Waals surface area contributed by atoms with Crippen LogP contribution in [0.15, 0.2) is 24.3 Å². The summed E-state index contributed by atoms with van der Waals surface area (Å²) in [5.41, 5.74) is 2.38. The molecule has 0 aliphatic heterocycles. The van der Waals surface area contributed by atoms with Gasteiger partial charge >= 0.3 is 0 Å². The van der Waals surface area contributed by atoms with Gasteiger partial charge in [-0.3, -0.25) is 0 Å². The van der Waals surface area contributed by atoms with Crippen molar-refractivity contribution in [1.82, 2.24) is 19.1 Å². The van der Waals surface area contributed by atoms with Gasteiger partial charge in [-0.2, -0.15) is 10.5 Å². The van der Waals surface area contributed by atoms with E-state index in [0.717, 1.165) is 16.9 Å². The molecule has 0 radical (unpaired) electrons. The Hall–Kier alpha value is -3.12. The van der Waals surface area contributed by atoms with Crippen molar-refractivity contribution in [3.63, 3.8) is 0 Å². The van der Waals surface area contributed by atoms with E-state index in [0.29, 0.717) is 12.4 Å². The summed E-state index contributed by atoms with van der Waals surface area (Å²) in [6.45, 7) is 2.19. The Morgan fingerprint density at radius 2 is 1.90 bits per heavy atom. The Balaban J connectivity index is 2.12. The fraction of sp³-hybridized carbons (Fsp3) is 0.200. The van der Waals surface area contributed by atoms with E-state index in [4.69, 9.17) is 5.26 Å². The first kappa shape index (κ1) is 12.9. The number of nitriles is 2. The number of aromatic nitrogens is 4. The second kappa shape index (κ2) is 4.77. The molecule has 2 aromatic heterocycles. The molecule has 0 unspecified atom stereocenters.